The lowest BCUT2D eigenvalue weighted by atomic mass is 9.74. The molecule has 1 unspecified atom stereocenters. The lowest BCUT2D eigenvalue weighted by molar-refractivity contribution is -0.136. The van der Waals surface area contributed by atoms with Crippen molar-refractivity contribution in [3.8, 4) is 16.9 Å². The zero-order valence-electron chi connectivity index (χ0n) is 23.8. The summed E-state index contributed by atoms with van der Waals surface area (Å²) in [6.45, 7) is 0.410. The van der Waals surface area contributed by atoms with Gasteiger partial charge in [0.05, 0.1) is 22.0 Å². The molecule has 1 atom stereocenters. The molecule has 0 bridgehead atoms. The molecule has 4 aliphatic rings. The lowest BCUT2D eigenvalue weighted by Gasteiger charge is -2.38. The van der Waals surface area contributed by atoms with Crippen molar-refractivity contribution >= 4 is 17.7 Å². The summed E-state index contributed by atoms with van der Waals surface area (Å²) in [5, 5.41) is 6.61. The molecular weight excluding hydrogens is 494 g/mol. The van der Waals surface area contributed by atoms with Gasteiger partial charge in [-0.15, -0.1) is 0 Å². The van der Waals surface area contributed by atoms with Crippen LogP contribution >= 0.6 is 0 Å². The van der Waals surface area contributed by atoms with Crippen molar-refractivity contribution in [2.24, 2.45) is 7.05 Å². The second-order valence-corrected chi connectivity index (χ2v) is 11.0. The number of carbonyl (C=O) groups excluding carboxylic acids is 3. The Labute approximate surface area is 229 Å². The third kappa shape index (κ3) is 4.03. The molecule has 2 fully saturated rings. The third-order valence-electron chi connectivity index (χ3n) is 8.61. The monoisotopic (exact) mass is 527 g/mol. The van der Waals surface area contributed by atoms with Gasteiger partial charge >= 0.3 is 0 Å². The Bertz CT molecular complexity index is 1590. The molecule has 3 amide bonds. The van der Waals surface area contributed by atoms with Crippen LogP contribution in [0.4, 0.5) is 0 Å². The average Bonchev–Trinajstić information content (AvgIpc) is 3.58. The van der Waals surface area contributed by atoms with Gasteiger partial charge in [-0.3, -0.25) is 29.3 Å². The van der Waals surface area contributed by atoms with E-state index in [-0.39, 0.29) is 31.2 Å². The molecule has 0 radical (unpaired) electrons. The summed E-state index contributed by atoms with van der Waals surface area (Å²) in [7, 11) is 1.90. The van der Waals surface area contributed by atoms with Crippen LogP contribution in [0.15, 0.2) is 48.8 Å². The molecule has 9 nitrogen and oxygen atoms in total. The normalized spacial score (nSPS) is 24.2. The highest BCUT2D eigenvalue weighted by molar-refractivity contribution is 6.05. The van der Waals surface area contributed by atoms with Crippen LogP contribution in [0.1, 0.15) is 55.5 Å². The first-order chi connectivity index (χ1) is 19.6. The largest absolute Gasteiger partial charge is 0.492 e. The van der Waals surface area contributed by atoms with Gasteiger partial charge in [0.2, 0.25) is 11.8 Å². The smallest absolute Gasteiger partial charge is 0.255 e. The minimum Gasteiger partial charge on any atom is -0.492 e. The minimum absolute atomic E-state index is 0.162. The quantitative estimate of drug-likeness (QED) is 0.525. The first-order valence-electron chi connectivity index (χ1n) is 14.5. The molecule has 7 rings (SSSR count). The van der Waals surface area contributed by atoms with E-state index in [9.17, 15) is 14.4 Å². The van der Waals surface area contributed by atoms with Gasteiger partial charge in [0.25, 0.3) is 5.91 Å². The number of ether oxygens (including phenoxy) is 1. The molecule has 5 heterocycles. The van der Waals surface area contributed by atoms with Crippen molar-refractivity contribution in [2.45, 2.75) is 50.2 Å². The third-order valence-corrected chi connectivity index (χ3v) is 8.61. The number of imide groups is 1. The number of nitrogens with zero attached hydrogens (tertiary/aromatic N) is 4. The number of aryl methyl sites for hydroxylation is 1. The van der Waals surface area contributed by atoms with Gasteiger partial charge in [0.1, 0.15) is 11.8 Å². The molecule has 2 saturated heterocycles. The highest BCUT2D eigenvalue weighted by Crippen LogP contribution is 2.49. The highest BCUT2D eigenvalue weighted by Gasteiger charge is 2.47. The number of fused-ring (bicyclic) bond motifs is 4. The SMILES string of the molecule is [2H]C1([2H])Oc2c(ccc3c2CN(C2CCC(=O)NC2=O)C3=O)C12CCN(Cc1cccc(-c3cnn(C)c3)c1)CC2. The van der Waals surface area contributed by atoms with E-state index >= 15 is 0 Å². The number of benzene rings is 2. The number of piperidine rings is 2. The molecule has 9 heteroatoms. The summed E-state index contributed by atoms with van der Waals surface area (Å²) in [5.74, 6) is -0.647. The van der Waals surface area contributed by atoms with Crippen LogP contribution in [0.25, 0.3) is 11.1 Å². The van der Waals surface area contributed by atoms with E-state index in [0.717, 1.165) is 23.2 Å². The van der Waals surface area contributed by atoms with Gasteiger partial charge in [-0.1, -0.05) is 24.3 Å². The van der Waals surface area contributed by atoms with Crippen molar-refractivity contribution in [2.75, 3.05) is 19.6 Å². The maximum absolute atomic E-state index is 13.3. The summed E-state index contributed by atoms with van der Waals surface area (Å²) in [5.41, 5.74) is 4.43. The topological polar surface area (TPSA) is 96.8 Å². The molecule has 4 aliphatic heterocycles. The van der Waals surface area contributed by atoms with E-state index in [4.69, 9.17) is 7.48 Å². The molecule has 2 aromatic carbocycles. The second-order valence-electron chi connectivity index (χ2n) is 11.0. The number of nitrogens with one attached hydrogen (secondary N) is 1. The zero-order chi connectivity index (χ0) is 28.5. The van der Waals surface area contributed by atoms with Crippen LogP contribution in [0.3, 0.4) is 0 Å². The Morgan fingerprint density at radius 1 is 1.15 bits per heavy atom. The molecule has 3 aromatic rings. The van der Waals surface area contributed by atoms with Gasteiger partial charge in [-0.25, -0.2) is 0 Å². The van der Waals surface area contributed by atoms with Crippen LogP contribution in [-0.4, -0.2) is 63.0 Å². The Morgan fingerprint density at radius 2 is 2.00 bits per heavy atom. The van der Waals surface area contributed by atoms with Crippen LogP contribution < -0.4 is 10.1 Å². The fourth-order valence-corrected chi connectivity index (χ4v) is 6.45. The predicted octanol–water partition coefficient (Wildman–Crippen LogP) is 2.77. The fraction of sp³-hybridized carbons (Fsp3) is 0.400. The van der Waals surface area contributed by atoms with E-state index < -0.39 is 23.9 Å². The number of carbonyl (C=O) groups is 3. The van der Waals surface area contributed by atoms with Crippen molar-refractivity contribution < 1.29 is 21.9 Å². The molecule has 1 spiro atoms. The van der Waals surface area contributed by atoms with Gasteiger partial charge < -0.3 is 9.64 Å². The summed E-state index contributed by atoms with van der Waals surface area (Å²) < 4.78 is 25.8. The van der Waals surface area contributed by atoms with E-state index in [1.165, 1.54) is 10.5 Å². The number of aromatic nitrogens is 2. The van der Waals surface area contributed by atoms with E-state index in [0.29, 0.717) is 42.8 Å². The number of likely N-dealkylation sites (tertiary alicyclic amines) is 1. The highest BCUT2D eigenvalue weighted by atomic mass is 16.5. The minimum atomic E-state index is -1.93. The molecule has 200 valence electrons. The predicted molar refractivity (Wildman–Crippen MR) is 143 cm³/mol. The molecule has 1 N–H and O–H groups in total. The summed E-state index contributed by atoms with van der Waals surface area (Å²) >= 11 is 0. The van der Waals surface area contributed by atoms with Crippen molar-refractivity contribution in [1.82, 2.24) is 24.9 Å². The maximum atomic E-state index is 13.3. The molecule has 1 aromatic heterocycles. The number of amides is 3. The molecule has 0 saturated carbocycles. The van der Waals surface area contributed by atoms with Crippen LogP contribution in [0.2, 0.25) is 0 Å². The van der Waals surface area contributed by atoms with Crippen LogP contribution in [-0.2, 0) is 35.1 Å². The van der Waals surface area contributed by atoms with Crippen LogP contribution in [0, 0.1) is 0 Å². The Hall–Kier alpha value is -3.98. The summed E-state index contributed by atoms with van der Waals surface area (Å²) in [4.78, 5) is 41.2. The van der Waals surface area contributed by atoms with Crippen molar-refractivity contribution in [3.05, 3.63) is 71.0 Å². The molecule has 39 heavy (non-hydrogen) atoms. The van der Waals surface area contributed by atoms with Gasteiger partial charge in [-0.2, -0.15) is 5.10 Å². The van der Waals surface area contributed by atoms with Crippen molar-refractivity contribution in [1.29, 1.82) is 0 Å². The number of hydrogen-bond donors (Lipinski definition) is 1. The lowest BCUT2D eigenvalue weighted by Crippen LogP contribution is -2.52. The molecule has 0 aliphatic carbocycles. The van der Waals surface area contributed by atoms with E-state index in [1.54, 1.807) is 10.7 Å². The Balaban J connectivity index is 1.10. The van der Waals surface area contributed by atoms with Gasteiger partial charge in [0, 0.05) is 53.9 Å². The van der Waals surface area contributed by atoms with Gasteiger partial charge in [0.15, 0.2) is 0 Å². The van der Waals surface area contributed by atoms with E-state index in [2.05, 4.69) is 39.6 Å². The van der Waals surface area contributed by atoms with E-state index in [1.807, 2.05) is 25.5 Å². The number of rotatable bonds is 4. The Morgan fingerprint density at radius 3 is 2.77 bits per heavy atom. The maximum Gasteiger partial charge on any atom is 0.255 e. The standard InChI is InChI=1S/C30H31N5O4/c1-33-16-21(14-31-33)20-4-2-3-19(13-20)15-34-11-9-30(10-12-34)18-39-27-23-17-35(25-7-8-26(36)32-28(25)37)29(38)22(23)5-6-24(27)30/h2-6,13-14,16,25H,7-12,15,17-18H2,1H3,(H,32,36,37)/i18D2. The zero-order valence-corrected chi connectivity index (χ0v) is 21.8. The van der Waals surface area contributed by atoms with Gasteiger partial charge in [-0.05, 0) is 55.6 Å². The van der Waals surface area contributed by atoms with Crippen molar-refractivity contribution in [3.63, 3.8) is 0 Å². The molecular formula is C30H31N5O4. The summed E-state index contributed by atoms with van der Waals surface area (Å²) in [6.07, 6.45) is 5.48. The first kappa shape index (κ1) is 21.9. The first-order valence-corrected chi connectivity index (χ1v) is 13.5. The fourth-order valence-electron chi connectivity index (χ4n) is 6.45. The Kier molecular flexibility index (Phi) is 5.08. The second kappa shape index (κ2) is 9.05. The average molecular weight is 528 g/mol. The summed E-state index contributed by atoms with van der Waals surface area (Å²) in [6, 6.07) is 11.3. The van der Waals surface area contributed by atoms with Crippen LogP contribution in [0.5, 0.6) is 5.75 Å². The number of hydrogen-bond acceptors (Lipinski definition) is 6.